The Morgan fingerprint density at radius 1 is 1.15 bits per heavy atom. The van der Waals surface area contributed by atoms with Crippen molar-refractivity contribution in [2.75, 3.05) is 10.6 Å². The lowest BCUT2D eigenvalue weighted by Gasteiger charge is -2.09. The van der Waals surface area contributed by atoms with Crippen LogP contribution >= 0.6 is 11.6 Å². The molecule has 1 aromatic carbocycles. The van der Waals surface area contributed by atoms with Crippen LogP contribution in [0.25, 0.3) is 5.65 Å². The molecule has 2 atom stereocenters. The van der Waals surface area contributed by atoms with Gasteiger partial charge in [-0.3, -0.25) is 4.79 Å². The van der Waals surface area contributed by atoms with E-state index in [0.29, 0.717) is 23.3 Å². The van der Waals surface area contributed by atoms with Crippen molar-refractivity contribution in [1.82, 2.24) is 14.4 Å². The molecule has 0 bridgehead atoms. The molecule has 2 N–H and O–H groups in total. The van der Waals surface area contributed by atoms with Crippen LogP contribution in [0.3, 0.4) is 0 Å². The summed E-state index contributed by atoms with van der Waals surface area (Å²) < 4.78 is 16.4. The van der Waals surface area contributed by atoms with Crippen molar-refractivity contribution in [3.05, 3.63) is 88.7 Å². The maximum Gasteiger partial charge on any atom is 0.229 e. The number of amides is 1. The molecular weight excluding hydrogens is 453 g/mol. The minimum absolute atomic E-state index is 0.123. The second-order valence-corrected chi connectivity index (χ2v) is 9.57. The normalized spacial score (nSPS) is 19.2. The monoisotopic (exact) mass is 475 g/mol. The molecule has 2 aliphatic carbocycles. The summed E-state index contributed by atoms with van der Waals surface area (Å²) >= 11 is 6.07. The number of imidazole rings is 1. The van der Waals surface area contributed by atoms with E-state index in [1.165, 1.54) is 24.5 Å². The molecular formula is C26H23ClFN5O. The molecule has 4 aromatic rings. The SMILES string of the molecule is O=C(Nc1cc(NCc2cn3cc(C4CC4)ccc3n2)c(F)cn1)[C@H]1C[C@@H]1c1cccc(Cl)c1. The molecule has 2 fully saturated rings. The van der Waals surface area contributed by atoms with Gasteiger partial charge in [-0.2, -0.15) is 0 Å². The highest BCUT2D eigenvalue weighted by Gasteiger charge is 2.44. The summed E-state index contributed by atoms with van der Waals surface area (Å²) in [4.78, 5) is 21.3. The van der Waals surface area contributed by atoms with Crippen LogP contribution in [-0.4, -0.2) is 20.3 Å². The number of anilines is 2. The van der Waals surface area contributed by atoms with Crippen LogP contribution in [0.1, 0.15) is 47.9 Å². The van der Waals surface area contributed by atoms with Crippen molar-refractivity contribution in [3.63, 3.8) is 0 Å². The molecule has 0 unspecified atom stereocenters. The summed E-state index contributed by atoms with van der Waals surface area (Å²) in [5.41, 5.74) is 4.32. The van der Waals surface area contributed by atoms with Crippen molar-refractivity contribution >= 4 is 34.7 Å². The van der Waals surface area contributed by atoms with Gasteiger partial charge in [-0.1, -0.05) is 29.8 Å². The van der Waals surface area contributed by atoms with E-state index in [1.54, 1.807) is 0 Å². The van der Waals surface area contributed by atoms with Crippen molar-refractivity contribution < 1.29 is 9.18 Å². The van der Waals surface area contributed by atoms with Crippen LogP contribution in [0.4, 0.5) is 15.9 Å². The maximum absolute atomic E-state index is 14.4. The van der Waals surface area contributed by atoms with Crippen LogP contribution in [0.2, 0.25) is 5.02 Å². The van der Waals surface area contributed by atoms with Gasteiger partial charge in [0.25, 0.3) is 0 Å². The first-order chi connectivity index (χ1) is 16.5. The molecule has 172 valence electrons. The lowest BCUT2D eigenvalue weighted by atomic mass is 10.1. The fraction of sp³-hybridized carbons (Fsp3) is 0.269. The molecule has 6 nitrogen and oxygen atoms in total. The number of benzene rings is 1. The molecule has 3 aromatic heterocycles. The third-order valence-corrected chi connectivity index (χ3v) is 6.78. The molecule has 8 heteroatoms. The highest BCUT2D eigenvalue weighted by molar-refractivity contribution is 6.30. The van der Waals surface area contributed by atoms with Crippen LogP contribution < -0.4 is 10.6 Å². The third-order valence-electron chi connectivity index (χ3n) is 6.54. The Labute approximate surface area is 201 Å². The first-order valence-corrected chi connectivity index (χ1v) is 11.8. The van der Waals surface area contributed by atoms with E-state index in [9.17, 15) is 9.18 Å². The van der Waals surface area contributed by atoms with E-state index in [2.05, 4.69) is 32.9 Å². The highest BCUT2D eigenvalue weighted by atomic mass is 35.5. The molecule has 6 rings (SSSR count). The molecule has 2 saturated carbocycles. The van der Waals surface area contributed by atoms with Crippen LogP contribution in [0.5, 0.6) is 0 Å². The minimum atomic E-state index is -0.485. The number of hydrogen-bond acceptors (Lipinski definition) is 4. The second-order valence-electron chi connectivity index (χ2n) is 9.13. The van der Waals surface area contributed by atoms with Crippen LogP contribution in [0.15, 0.2) is 61.1 Å². The third kappa shape index (κ3) is 4.35. The zero-order valence-electron chi connectivity index (χ0n) is 18.3. The molecule has 0 radical (unpaired) electrons. The Hall–Kier alpha value is -3.45. The lowest BCUT2D eigenvalue weighted by Crippen LogP contribution is -2.16. The van der Waals surface area contributed by atoms with Crippen molar-refractivity contribution in [2.24, 2.45) is 5.92 Å². The predicted molar refractivity (Wildman–Crippen MR) is 130 cm³/mol. The average molecular weight is 476 g/mol. The first-order valence-electron chi connectivity index (χ1n) is 11.5. The average Bonchev–Trinajstić information content (AvgIpc) is 3.75. The Kier molecular flexibility index (Phi) is 5.21. The van der Waals surface area contributed by atoms with Gasteiger partial charge in [0.05, 0.1) is 24.1 Å². The van der Waals surface area contributed by atoms with E-state index >= 15 is 0 Å². The van der Waals surface area contributed by atoms with Gasteiger partial charge in [0.2, 0.25) is 5.91 Å². The van der Waals surface area contributed by atoms with Gasteiger partial charge < -0.3 is 15.0 Å². The van der Waals surface area contributed by atoms with E-state index in [1.807, 2.05) is 40.9 Å². The molecule has 0 saturated heterocycles. The van der Waals surface area contributed by atoms with Gasteiger partial charge in [-0.15, -0.1) is 0 Å². The summed E-state index contributed by atoms with van der Waals surface area (Å²) in [5.74, 6) is 0.384. The topological polar surface area (TPSA) is 71.3 Å². The number of fused-ring (bicyclic) bond motifs is 1. The van der Waals surface area contributed by atoms with Crippen molar-refractivity contribution in [1.29, 1.82) is 0 Å². The number of carbonyl (C=O) groups is 1. The second kappa shape index (κ2) is 8.40. The molecule has 0 spiro atoms. The van der Waals surface area contributed by atoms with Gasteiger partial charge in [-0.25, -0.2) is 14.4 Å². The Bertz CT molecular complexity index is 1400. The fourth-order valence-electron chi connectivity index (χ4n) is 4.44. The minimum Gasteiger partial charge on any atom is -0.377 e. The number of carbonyl (C=O) groups excluding carboxylic acids is 1. The number of nitrogens with one attached hydrogen (secondary N) is 2. The summed E-state index contributed by atoms with van der Waals surface area (Å²) in [7, 11) is 0. The standard InChI is InChI=1S/C26H23ClFN5O/c27-18-3-1-2-16(8-18)20-9-21(20)26(34)32-24-10-23(22(28)12-30-24)29-11-19-14-33-13-17(15-4-5-15)6-7-25(33)31-19/h1-3,6-8,10,12-15,20-21H,4-5,9,11H2,(H2,29,30,32,34)/t20-,21+/m1/s1. The fourth-order valence-corrected chi connectivity index (χ4v) is 4.64. The van der Waals surface area contributed by atoms with Crippen LogP contribution in [0, 0.1) is 11.7 Å². The van der Waals surface area contributed by atoms with E-state index in [-0.39, 0.29) is 23.4 Å². The lowest BCUT2D eigenvalue weighted by molar-refractivity contribution is -0.117. The summed E-state index contributed by atoms with van der Waals surface area (Å²) in [6.07, 6.45) is 8.45. The Morgan fingerprint density at radius 3 is 2.85 bits per heavy atom. The first kappa shape index (κ1) is 21.1. The largest absolute Gasteiger partial charge is 0.377 e. The molecule has 2 aliphatic rings. The number of pyridine rings is 2. The maximum atomic E-state index is 14.4. The van der Waals surface area contributed by atoms with E-state index in [4.69, 9.17) is 11.6 Å². The van der Waals surface area contributed by atoms with E-state index < -0.39 is 5.82 Å². The summed E-state index contributed by atoms with van der Waals surface area (Å²) in [6, 6.07) is 13.2. The molecule has 3 heterocycles. The number of rotatable bonds is 7. The predicted octanol–water partition coefficient (Wildman–Crippen LogP) is 5.75. The molecule has 0 aliphatic heterocycles. The quantitative estimate of drug-likeness (QED) is 0.357. The van der Waals surface area contributed by atoms with Gasteiger partial charge in [0.1, 0.15) is 11.5 Å². The molecule has 34 heavy (non-hydrogen) atoms. The number of halogens is 2. The zero-order valence-corrected chi connectivity index (χ0v) is 19.1. The number of hydrogen-bond donors (Lipinski definition) is 2. The highest BCUT2D eigenvalue weighted by Crippen LogP contribution is 2.48. The number of nitrogens with zero attached hydrogens (tertiary/aromatic N) is 3. The Morgan fingerprint density at radius 2 is 2.03 bits per heavy atom. The van der Waals surface area contributed by atoms with Crippen molar-refractivity contribution in [2.45, 2.75) is 37.6 Å². The van der Waals surface area contributed by atoms with Crippen LogP contribution in [-0.2, 0) is 11.3 Å². The van der Waals surface area contributed by atoms with Crippen molar-refractivity contribution in [3.8, 4) is 0 Å². The zero-order chi connectivity index (χ0) is 23.2. The Balaban J connectivity index is 1.11. The summed E-state index contributed by atoms with van der Waals surface area (Å²) in [6.45, 7) is 0.355. The number of aromatic nitrogens is 3. The van der Waals surface area contributed by atoms with Gasteiger partial charge in [0.15, 0.2) is 5.82 Å². The van der Waals surface area contributed by atoms with Gasteiger partial charge in [-0.05, 0) is 60.4 Å². The smallest absolute Gasteiger partial charge is 0.229 e. The van der Waals surface area contributed by atoms with Gasteiger partial charge in [0, 0.05) is 29.4 Å². The molecule has 1 amide bonds. The van der Waals surface area contributed by atoms with E-state index in [0.717, 1.165) is 29.5 Å². The summed E-state index contributed by atoms with van der Waals surface area (Å²) in [5, 5.41) is 6.56. The van der Waals surface area contributed by atoms with Gasteiger partial charge >= 0.3 is 0 Å².